The van der Waals surface area contributed by atoms with Gasteiger partial charge in [0.1, 0.15) is 23.4 Å². The highest BCUT2D eigenvalue weighted by Gasteiger charge is 2.48. The van der Waals surface area contributed by atoms with Crippen molar-refractivity contribution in [2.45, 2.75) is 90.4 Å². The molecular weight excluding hydrogens is 472 g/mol. The average molecular weight is 513 g/mol. The topological polar surface area (TPSA) is 113 Å². The number of hydrogen-bond donors (Lipinski definition) is 3. The smallest absolute Gasteiger partial charge is 0.407 e. The molecule has 3 amide bonds. The highest BCUT2D eigenvalue weighted by molar-refractivity contribution is 5.99. The number of benzene rings is 1. The van der Waals surface area contributed by atoms with Crippen molar-refractivity contribution >= 4 is 28.8 Å². The van der Waals surface area contributed by atoms with Gasteiger partial charge in [-0.05, 0) is 70.1 Å². The van der Waals surface area contributed by atoms with Crippen molar-refractivity contribution in [1.29, 1.82) is 0 Å². The fourth-order valence-corrected chi connectivity index (χ4v) is 5.42. The number of nitrogens with one attached hydrogen (secondary N) is 3. The summed E-state index contributed by atoms with van der Waals surface area (Å²) in [5.74, 6) is 0.975. The largest absolute Gasteiger partial charge is 0.497 e. The number of carbonyl (C=O) groups excluding carboxylic acids is 3. The minimum atomic E-state index is -0.564. The molecule has 1 aromatic carbocycles. The van der Waals surface area contributed by atoms with E-state index in [1.807, 2.05) is 43.9 Å². The molecule has 37 heavy (non-hydrogen) atoms. The molecular formula is C28H40N4O5. The van der Waals surface area contributed by atoms with Crippen molar-refractivity contribution in [3.05, 3.63) is 29.5 Å². The van der Waals surface area contributed by atoms with Gasteiger partial charge < -0.3 is 30.0 Å². The van der Waals surface area contributed by atoms with E-state index in [0.717, 1.165) is 34.3 Å². The number of methoxy groups -OCH3 is 1. The standard InChI is InChI=1S/C28H40N4O5/c1-16(2)13-22-24-19(18-11-10-17(36-6)14-21(18)30-24)15-23-25(33)31-20(26(34)32(22)23)9-7-8-12-29-27(35)37-28(3,4)5/h10-11,14,16,20,22-23,30H,7-9,12-13,15H2,1-6H3,(H,29,35)(H,31,33)/t20-,22-,23-/m0/s1. The number of piperazine rings is 1. The second-order valence-electron chi connectivity index (χ2n) is 11.5. The third kappa shape index (κ3) is 5.86. The monoisotopic (exact) mass is 512 g/mol. The summed E-state index contributed by atoms with van der Waals surface area (Å²) in [7, 11) is 1.64. The Morgan fingerprint density at radius 3 is 2.65 bits per heavy atom. The average Bonchev–Trinajstić information content (AvgIpc) is 3.18. The summed E-state index contributed by atoms with van der Waals surface area (Å²) in [4.78, 5) is 44.3. The van der Waals surface area contributed by atoms with Crippen molar-refractivity contribution in [2.75, 3.05) is 13.7 Å². The molecule has 2 aliphatic rings. The van der Waals surface area contributed by atoms with Gasteiger partial charge in [-0.3, -0.25) is 9.59 Å². The van der Waals surface area contributed by atoms with Gasteiger partial charge in [0.25, 0.3) is 0 Å². The van der Waals surface area contributed by atoms with Gasteiger partial charge in [-0.25, -0.2) is 4.79 Å². The van der Waals surface area contributed by atoms with Crippen LogP contribution in [0.2, 0.25) is 0 Å². The quantitative estimate of drug-likeness (QED) is 0.459. The van der Waals surface area contributed by atoms with Crippen LogP contribution < -0.4 is 15.4 Å². The van der Waals surface area contributed by atoms with E-state index >= 15 is 0 Å². The van der Waals surface area contributed by atoms with E-state index in [0.29, 0.717) is 38.1 Å². The predicted molar refractivity (Wildman–Crippen MR) is 141 cm³/mol. The van der Waals surface area contributed by atoms with E-state index in [4.69, 9.17) is 9.47 Å². The van der Waals surface area contributed by atoms with Gasteiger partial charge in [0.15, 0.2) is 0 Å². The molecule has 2 aliphatic heterocycles. The zero-order valence-corrected chi connectivity index (χ0v) is 22.8. The Balaban J connectivity index is 1.48. The van der Waals surface area contributed by atoms with E-state index < -0.39 is 23.8 Å². The summed E-state index contributed by atoms with van der Waals surface area (Å²) in [6, 6.07) is 4.65. The Hall–Kier alpha value is -3.23. The minimum absolute atomic E-state index is 0.0303. The van der Waals surface area contributed by atoms with Gasteiger partial charge in [0.2, 0.25) is 11.8 Å². The summed E-state index contributed by atoms with van der Waals surface area (Å²) >= 11 is 0. The number of nitrogens with zero attached hydrogens (tertiary/aromatic N) is 1. The number of alkyl carbamates (subject to hydrolysis) is 1. The molecule has 3 heterocycles. The number of ether oxygens (including phenoxy) is 2. The second kappa shape index (κ2) is 10.6. The van der Waals surface area contributed by atoms with Crippen molar-refractivity contribution in [2.24, 2.45) is 5.92 Å². The molecule has 0 bridgehead atoms. The number of fused-ring (bicyclic) bond motifs is 4. The molecule has 0 spiro atoms. The molecule has 0 unspecified atom stereocenters. The first kappa shape index (κ1) is 26.8. The van der Waals surface area contributed by atoms with Gasteiger partial charge in [-0.15, -0.1) is 0 Å². The molecule has 1 fully saturated rings. The molecule has 0 radical (unpaired) electrons. The first-order valence-corrected chi connectivity index (χ1v) is 13.3. The molecule has 1 aromatic heterocycles. The number of aromatic amines is 1. The summed E-state index contributed by atoms with van der Waals surface area (Å²) in [6.45, 7) is 10.2. The van der Waals surface area contributed by atoms with Crippen LogP contribution in [0.25, 0.3) is 10.9 Å². The molecule has 9 heteroatoms. The number of carbonyl (C=O) groups is 3. The lowest BCUT2D eigenvalue weighted by atomic mass is 9.85. The van der Waals surface area contributed by atoms with E-state index in [2.05, 4.69) is 29.5 Å². The molecule has 4 rings (SSSR count). The summed E-state index contributed by atoms with van der Waals surface area (Å²) < 4.78 is 10.7. The Labute approximate surface area is 218 Å². The molecule has 202 valence electrons. The van der Waals surface area contributed by atoms with Gasteiger partial charge in [-0.2, -0.15) is 0 Å². The molecule has 1 saturated heterocycles. The molecule has 9 nitrogen and oxygen atoms in total. The third-order valence-corrected chi connectivity index (χ3v) is 7.00. The fraction of sp³-hybridized carbons (Fsp3) is 0.607. The maximum absolute atomic E-state index is 13.7. The molecule has 0 saturated carbocycles. The van der Waals surface area contributed by atoms with Crippen molar-refractivity contribution in [1.82, 2.24) is 20.5 Å². The molecule has 2 aromatic rings. The maximum atomic E-state index is 13.7. The van der Waals surface area contributed by atoms with Crippen LogP contribution in [0.1, 0.15) is 77.6 Å². The van der Waals surface area contributed by atoms with Crippen LogP contribution >= 0.6 is 0 Å². The van der Waals surface area contributed by atoms with E-state index in [1.54, 1.807) is 7.11 Å². The summed E-state index contributed by atoms with van der Waals surface area (Å²) in [5, 5.41) is 6.81. The number of amides is 3. The normalized spacial score (nSPS) is 21.5. The highest BCUT2D eigenvalue weighted by Crippen LogP contribution is 2.42. The van der Waals surface area contributed by atoms with Crippen molar-refractivity contribution in [3.8, 4) is 5.75 Å². The van der Waals surface area contributed by atoms with E-state index in [-0.39, 0.29) is 17.9 Å². The Morgan fingerprint density at radius 1 is 1.22 bits per heavy atom. The molecule has 0 aliphatic carbocycles. The van der Waals surface area contributed by atoms with Crippen molar-refractivity contribution < 1.29 is 23.9 Å². The molecule has 3 atom stereocenters. The van der Waals surface area contributed by atoms with E-state index in [1.165, 1.54) is 0 Å². The zero-order chi connectivity index (χ0) is 26.9. The van der Waals surface area contributed by atoms with Crippen molar-refractivity contribution in [3.63, 3.8) is 0 Å². The SMILES string of the molecule is COc1ccc2c3c([nH]c2c1)[C@H](CC(C)C)N1C(=O)[C@H](CCCCNC(=O)OC(C)(C)C)NC(=O)[C@@H]1C3. The van der Waals surface area contributed by atoms with Crippen LogP contribution in [0, 0.1) is 5.92 Å². The van der Waals surface area contributed by atoms with Crippen LogP contribution in [0.3, 0.4) is 0 Å². The number of unbranched alkanes of at least 4 members (excludes halogenated alkanes) is 1. The van der Waals surface area contributed by atoms with Crippen LogP contribution in [0.15, 0.2) is 18.2 Å². The van der Waals surface area contributed by atoms with E-state index in [9.17, 15) is 14.4 Å². The van der Waals surface area contributed by atoms with Gasteiger partial charge in [-0.1, -0.05) is 13.8 Å². The van der Waals surface area contributed by atoms with Gasteiger partial charge in [0.05, 0.1) is 13.2 Å². The molecule has 3 N–H and O–H groups in total. The lowest BCUT2D eigenvalue weighted by Gasteiger charge is -2.47. The Morgan fingerprint density at radius 2 is 1.97 bits per heavy atom. The fourth-order valence-electron chi connectivity index (χ4n) is 5.42. The number of aromatic nitrogens is 1. The van der Waals surface area contributed by atoms with Crippen LogP contribution in [0.4, 0.5) is 4.79 Å². The number of rotatable bonds is 8. The maximum Gasteiger partial charge on any atom is 0.407 e. The second-order valence-corrected chi connectivity index (χ2v) is 11.5. The zero-order valence-electron chi connectivity index (χ0n) is 22.8. The minimum Gasteiger partial charge on any atom is -0.497 e. The van der Waals surface area contributed by atoms with Crippen LogP contribution in [-0.4, -0.2) is 59.1 Å². The van der Waals surface area contributed by atoms with Crippen LogP contribution in [-0.2, 0) is 20.7 Å². The Bertz CT molecular complexity index is 1170. The van der Waals surface area contributed by atoms with Gasteiger partial charge >= 0.3 is 6.09 Å². The number of hydrogen-bond acceptors (Lipinski definition) is 5. The van der Waals surface area contributed by atoms with Gasteiger partial charge in [0, 0.05) is 35.6 Å². The third-order valence-electron chi connectivity index (χ3n) is 7.00. The lowest BCUT2D eigenvalue weighted by molar-refractivity contribution is -0.154. The Kier molecular flexibility index (Phi) is 7.71. The predicted octanol–water partition coefficient (Wildman–Crippen LogP) is 4.21. The first-order chi connectivity index (χ1) is 17.5. The number of H-pyrrole nitrogens is 1. The highest BCUT2D eigenvalue weighted by atomic mass is 16.6. The summed E-state index contributed by atoms with van der Waals surface area (Å²) in [6.07, 6.45) is 2.70. The van der Waals surface area contributed by atoms with Crippen LogP contribution in [0.5, 0.6) is 5.75 Å². The lowest BCUT2D eigenvalue weighted by Crippen LogP contribution is -2.65. The summed E-state index contributed by atoms with van der Waals surface area (Å²) in [5.41, 5.74) is 2.55. The first-order valence-electron chi connectivity index (χ1n) is 13.3.